The zero-order chi connectivity index (χ0) is 19.0. The molecule has 6 rings (SSSR count). The average molecular weight is 363 g/mol. The summed E-state index contributed by atoms with van der Waals surface area (Å²) in [5, 5.41) is 5.02. The van der Waals surface area contributed by atoms with E-state index >= 15 is 0 Å². The number of fused-ring (bicyclic) bond motifs is 3. The summed E-state index contributed by atoms with van der Waals surface area (Å²) in [5.74, 6) is 1.90. The second-order valence-corrected chi connectivity index (χ2v) is 7.90. The highest BCUT2D eigenvalue weighted by Gasteiger charge is 2.34. The molecule has 0 bridgehead atoms. The lowest BCUT2D eigenvalue weighted by Crippen LogP contribution is -2.32. The Morgan fingerprint density at radius 2 is 2.04 bits per heavy atom. The number of nitrogens with zero attached hydrogens (tertiary/aromatic N) is 2. The molecule has 0 amide bonds. The quantitative estimate of drug-likeness (QED) is 0.287. The van der Waals surface area contributed by atoms with E-state index in [9.17, 15) is 0 Å². The van der Waals surface area contributed by atoms with Crippen molar-refractivity contribution in [2.24, 2.45) is 7.05 Å². The molecule has 0 N–H and O–H groups in total. The van der Waals surface area contributed by atoms with Crippen LogP contribution in [0, 0.1) is 13.5 Å². The molecule has 1 aliphatic heterocycles. The molecule has 0 fully saturated rings. The minimum absolute atomic E-state index is 0.378. The molecule has 1 aliphatic carbocycles. The summed E-state index contributed by atoms with van der Waals surface area (Å²) in [6, 6.07) is 13.0. The number of hydrogen-bond acceptors (Lipinski definition) is 1. The fraction of sp³-hybridized carbons (Fsp3) is 0.200. The lowest BCUT2D eigenvalue weighted by Gasteiger charge is -2.24. The molecule has 0 saturated carbocycles. The van der Waals surface area contributed by atoms with Gasteiger partial charge in [-0.1, -0.05) is 18.2 Å². The van der Waals surface area contributed by atoms with Gasteiger partial charge in [0.05, 0.1) is 10.9 Å². The Kier molecular flexibility index (Phi) is 2.98. The van der Waals surface area contributed by atoms with Crippen LogP contribution < -0.4 is 9.30 Å². The van der Waals surface area contributed by atoms with Crippen molar-refractivity contribution >= 4 is 21.5 Å². The van der Waals surface area contributed by atoms with Crippen molar-refractivity contribution in [2.45, 2.75) is 26.3 Å². The third-order valence-electron chi connectivity index (χ3n) is 6.35. The van der Waals surface area contributed by atoms with Gasteiger partial charge in [-0.15, -0.1) is 0 Å². The Morgan fingerprint density at radius 1 is 1.14 bits per heavy atom. The average Bonchev–Trinajstić information content (AvgIpc) is 3.13. The van der Waals surface area contributed by atoms with Gasteiger partial charge in [-0.2, -0.15) is 0 Å². The Morgan fingerprint density at radius 3 is 2.89 bits per heavy atom. The molecule has 0 spiro atoms. The van der Waals surface area contributed by atoms with Crippen LogP contribution in [0.5, 0.6) is 11.5 Å². The summed E-state index contributed by atoms with van der Waals surface area (Å²) < 4.78 is 8.83. The number of ether oxygens (including phenoxy) is 1. The van der Waals surface area contributed by atoms with E-state index in [0.717, 1.165) is 40.7 Å². The third kappa shape index (κ3) is 1.85. The summed E-state index contributed by atoms with van der Waals surface area (Å²) in [7, 11) is 2.11. The number of hydrogen-bond donors (Lipinski definition) is 0. The number of aryl methyl sites for hydroxylation is 4. The van der Waals surface area contributed by atoms with E-state index in [1.807, 2.05) is 0 Å². The van der Waals surface area contributed by atoms with Crippen LogP contribution in [0.4, 0.5) is 0 Å². The number of benzene rings is 3. The van der Waals surface area contributed by atoms with Gasteiger partial charge in [0.1, 0.15) is 18.5 Å². The highest BCUT2D eigenvalue weighted by Crippen LogP contribution is 2.52. The molecule has 1 aromatic heterocycles. The largest absolute Gasteiger partial charge is 0.455 e. The zero-order valence-electron chi connectivity index (χ0n) is 16.0. The minimum atomic E-state index is 0.378. The summed E-state index contributed by atoms with van der Waals surface area (Å²) in [6.07, 6.45) is 4.22. The number of aromatic nitrogens is 1. The van der Waals surface area contributed by atoms with Crippen molar-refractivity contribution in [1.29, 1.82) is 0 Å². The summed E-state index contributed by atoms with van der Waals surface area (Å²) in [6.45, 7) is 9.85. The van der Waals surface area contributed by atoms with Gasteiger partial charge < -0.3 is 9.58 Å². The monoisotopic (exact) mass is 363 g/mol. The maximum absolute atomic E-state index is 7.25. The fourth-order valence-electron chi connectivity index (χ4n) is 5.14. The van der Waals surface area contributed by atoms with Crippen molar-refractivity contribution in [3.05, 3.63) is 76.3 Å². The van der Waals surface area contributed by atoms with Crippen LogP contribution in [0.1, 0.15) is 22.3 Å². The van der Waals surface area contributed by atoms with Crippen molar-refractivity contribution in [3.8, 4) is 22.8 Å². The van der Waals surface area contributed by atoms with Gasteiger partial charge in [-0.3, -0.25) is 0 Å². The SMILES string of the molecule is [C-]#[N+]Cc1cc2c3c([n+](C)ccc3c1)-c1c(c3c4c(cccc4c1C)CC3)O2. The second-order valence-electron chi connectivity index (χ2n) is 7.90. The highest BCUT2D eigenvalue weighted by molar-refractivity contribution is 6.07. The van der Waals surface area contributed by atoms with E-state index in [1.54, 1.807) is 0 Å². The van der Waals surface area contributed by atoms with Gasteiger partial charge in [0.25, 0.3) is 0 Å². The Hall–Kier alpha value is -3.38. The van der Waals surface area contributed by atoms with E-state index < -0.39 is 0 Å². The lowest BCUT2D eigenvalue weighted by atomic mass is 9.89. The first kappa shape index (κ1) is 15.7. The molecule has 2 aliphatic rings. The number of pyridine rings is 1. The molecule has 0 atom stereocenters. The van der Waals surface area contributed by atoms with E-state index in [4.69, 9.17) is 11.3 Å². The maximum Gasteiger partial charge on any atom is 0.239 e. The normalized spacial score (nSPS) is 13.5. The lowest BCUT2D eigenvalue weighted by molar-refractivity contribution is -0.659. The van der Waals surface area contributed by atoms with Gasteiger partial charge in [-0.05, 0) is 59.2 Å². The standard InChI is InChI=1S/C25H19N2O/c1-14-18-6-4-5-16-7-8-19(22(16)18)25-21(14)24-23-17(9-10-27(24)3)11-15(13-26-2)12-20(23)28-25/h4-6,9-12H,7-8,13H2,1,3H3/q+1. The predicted octanol–water partition coefficient (Wildman–Crippen LogP) is 5.42. The van der Waals surface area contributed by atoms with Crippen molar-refractivity contribution in [3.63, 3.8) is 0 Å². The number of rotatable bonds is 1. The molecule has 0 unspecified atom stereocenters. The third-order valence-corrected chi connectivity index (χ3v) is 6.35. The summed E-state index contributed by atoms with van der Waals surface area (Å²) in [4.78, 5) is 3.58. The Balaban J connectivity index is 1.80. The topological polar surface area (TPSA) is 17.5 Å². The molecule has 134 valence electrons. The Labute approximate surface area is 163 Å². The van der Waals surface area contributed by atoms with Gasteiger partial charge >= 0.3 is 0 Å². The van der Waals surface area contributed by atoms with Gasteiger partial charge in [0.2, 0.25) is 12.2 Å². The molecular weight excluding hydrogens is 344 g/mol. The molecule has 28 heavy (non-hydrogen) atoms. The summed E-state index contributed by atoms with van der Waals surface area (Å²) in [5.41, 5.74) is 7.50. The first-order valence-corrected chi connectivity index (χ1v) is 9.71. The maximum atomic E-state index is 7.25. The summed E-state index contributed by atoms with van der Waals surface area (Å²) >= 11 is 0. The molecule has 0 radical (unpaired) electrons. The van der Waals surface area contributed by atoms with Crippen LogP contribution >= 0.6 is 0 Å². The van der Waals surface area contributed by atoms with Gasteiger partial charge in [0, 0.05) is 17.2 Å². The fourth-order valence-corrected chi connectivity index (χ4v) is 5.14. The van der Waals surface area contributed by atoms with Crippen LogP contribution in [-0.2, 0) is 26.4 Å². The van der Waals surface area contributed by atoms with Crippen LogP contribution in [0.25, 0.3) is 37.6 Å². The van der Waals surface area contributed by atoms with Crippen LogP contribution in [0.2, 0.25) is 0 Å². The first-order valence-electron chi connectivity index (χ1n) is 9.71. The smallest absolute Gasteiger partial charge is 0.239 e. The molecular formula is C25H19N2O+. The molecule has 3 heteroatoms. The second kappa shape index (κ2) is 5.33. The molecule has 3 aromatic carbocycles. The minimum Gasteiger partial charge on any atom is -0.455 e. The Bertz CT molecular complexity index is 1390. The molecule has 0 saturated heterocycles. The van der Waals surface area contributed by atoms with E-state index in [-0.39, 0.29) is 0 Å². The first-order chi connectivity index (χ1) is 13.7. The van der Waals surface area contributed by atoms with Crippen LogP contribution in [0.15, 0.2) is 42.6 Å². The predicted molar refractivity (Wildman–Crippen MR) is 111 cm³/mol. The zero-order valence-corrected chi connectivity index (χ0v) is 16.0. The van der Waals surface area contributed by atoms with E-state index in [2.05, 4.69) is 66.0 Å². The van der Waals surface area contributed by atoms with Crippen LogP contribution in [-0.4, -0.2) is 0 Å². The van der Waals surface area contributed by atoms with Crippen molar-refractivity contribution in [2.75, 3.05) is 0 Å². The van der Waals surface area contributed by atoms with Gasteiger partial charge in [0.15, 0.2) is 6.20 Å². The van der Waals surface area contributed by atoms with Crippen molar-refractivity contribution < 1.29 is 9.30 Å². The van der Waals surface area contributed by atoms with Crippen molar-refractivity contribution in [1.82, 2.24) is 0 Å². The molecule has 2 heterocycles. The molecule has 4 aromatic rings. The van der Waals surface area contributed by atoms with E-state index in [1.165, 1.54) is 38.7 Å². The highest BCUT2D eigenvalue weighted by atomic mass is 16.5. The van der Waals surface area contributed by atoms with Crippen LogP contribution in [0.3, 0.4) is 0 Å². The van der Waals surface area contributed by atoms with E-state index in [0.29, 0.717) is 6.54 Å². The molecule has 3 nitrogen and oxygen atoms in total. The van der Waals surface area contributed by atoms with Gasteiger partial charge in [-0.25, -0.2) is 11.1 Å².